The number of halogens is 1. The van der Waals surface area contributed by atoms with Crippen molar-refractivity contribution < 1.29 is 9.31 Å². The average molecular weight is 253 g/mol. The third kappa shape index (κ3) is 2.76. The number of nitrogens with one attached hydrogen (secondary N) is 1. The first-order chi connectivity index (χ1) is 8.16. The Morgan fingerprint density at radius 1 is 1.53 bits per heavy atom. The van der Waals surface area contributed by atoms with Gasteiger partial charge in [0.1, 0.15) is 0 Å². The van der Waals surface area contributed by atoms with Crippen LogP contribution in [0.4, 0.5) is 15.8 Å². The van der Waals surface area contributed by atoms with Gasteiger partial charge in [0.15, 0.2) is 5.82 Å². The number of hydrogen-bond donors (Lipinski definition) is 1. The van der Waals surface area contributed by atoms with Gasteiger partial charge in [0.2, 0.25) is 0 Å². The van der Waals surface area contributed by atoms with Crippen molar-refractivity contribution in [1.29, 1.82) is 0 Å². The van der Waals surface area contributed by atoms with Crippen molar-refractivity contribution in [3.8, 4) is 0 Å². The lowest BCUT2D eigenvalue weighted by Crippen LogP contribution is -2.02. The third-order valence-corrected chi connectivity index (χ3v) is 2.74. The first kappa shape index (κ1) is 11.5. The predicted molar refractivity (Wildman–Crippen MR) is 62.5 cm³/mol. The van der Waals surface area contributed by atoms with Crippen LogP contribution in [0.5, 0.6) is 0 Å². The van der Waals surface area contributed by atoms with Gasteiger partial charge in [-0.15, -0.1) is 11.3 Å². The van der Waals surface area contributed by atoms with Gasteiger partial charge in [-0.25, -0.2) is 9.37 Å². The molecule has 1 N–H and O–H groups in total. The molecule has 1 heterocycles. The van der Waals surface area contributed by atoms with E-state index in [9.17, 15) is 14.5 Å². The molecule has 5 nitrogen and oxygen atoms in total. The second kappa shape index (κ2) is 4.88. The Hall–Kier alpha value is -2.02. The average Bonchev–Trinajstić information content (AvgIpc) is 2.80. The lowest BCUT2D eigenvalue weighted by molar-refractivity contribution is -0.385. The number of anilines is 1. The molecule has 2 rings (SSSR count). The highest BCUT2D eigenvalue weighted by Gasteiger charge is 2.10. The number of hydrogen-bond acceptors (Lipinski definition) is 5. The summed E-state index contributed by atoms with van der Waals surface area (Å²) in [7, 11) is 0. The topological polar surface area (TPSA) is 68.1 Å². The zero-order valence-electron chi connectivity index (χ0n) is 8.59. The van der Waals surface area contributed by atoms with Crippen LogP contribution >= 0.6 is 11.3 Å². The molecule has 0 amide bonds. The van der Waals surface area contributed by atoms with E-state index in [2.05, 4.69) is 10.3 Å². The standard InChI is InChI=1S/C10H8FN3O2S/c11-9-3-8(14(15)16)1-2-10(9)12-4-7-5-17-6-13-7/h1-3,5-6,12H,4H2. The molecule has 1 aromatic carbocycles. The van der Waals surface area contributed by atoms with E-state index < -0.39 is 10.7 Å². The van der Waals surface area contributed by atoms with Crippen molar-refractivity contribution in [2.45, 2.75) is 6.54 Å². The minimum Gasteiger partial charge on any atom is -0.377 e. The van der Waals surface area contributed by atoms with Crippen LogP contribution in [0, 0.1) is 15.9 Å². The van der Waals surface area contributed by atoms with Crippen molar-refractivity contribution in [2.24, 2.45) is 0 Å². The van der Waals surface area contributed by atoms with Crippen LogP contribution < -0.4 is 5.32 Å². The number of aromatic nitrogens is 1. The molecule has 0 unspecified atom stereocenters. The van der Waals surface area contributed by atoms with Crippen molar-refractivity contribution >= 4 is 22.7 Å². The summed E-state index contributed by atoms with van der Waals surface area (Å²) in [5.41, 5.74) is 2.45. The van der Waals surface area contributed by atoms with Crippen LogP contribution in [-0.4, -0.2) is 9.91 Å². The van der Waals surface area contributed by atoms with Crippen LogP contribution in [0.3, 0.4) is 0 Å². The van der Waals surface area contributed by atoms with E-state index in [0.717, 1.165) is 11.8 Å². The summed E-state index contributed by atoms with van der Waals surface area (Å²) in [6.07, 6.45) is 0. The zero-order valence-corrected chi connectivity index (χ0v) is 9.41. The number of non-ortho nitro benzene ring substituents is 1. The molecular weight excluding hydrogens is 245 g/mol. The molecule has 0 saturated heterocycles. The third-order valence-electron chi connectivity index (χ3n) is 2.11. The van der Waals surface area contributed by atoms with E-state index in [4.69, 9.17) is 0 Å². The number of nitro groups is 1. The molecule has 7 heteroatoms. The molecule has 0 fully saturated rings. The molecule has 2 aromatic rings. The second-order valence-corrected chi connectivity index (χ2v) is 3.97. The Morgan fingerprint density at radius 3 is 2.94 bits per heavy atom. The molecule has 0 bridgehead atoms. The summed E-state index contributed by atoms with van der Waals surface area (Å²) >= 11 is 1.45. The van der Waals surface area contributed by atoms with Crippen molar-refractivity contribution in [3.63, 3.8) is 0 Å². The number of rotatable bonds is 4. The minimum absolute atomic E-state index is 0.226. The number of nitro benzene ring substituents is 1. The van der Waals surface area contributed by atoms with Gasteiger partial charge in [0.25, 0.3) is 5.69 Å². The predicted octanol–water partition coefficient (Wildman–Crippen LogP) is 2.80. The Labute approximate surface area is 100 Å². The molecule has 0 aliphatic heterocycles. The molecule has 0 aliphatic rings. The highest BCUT2D eigenvalue weighted by atomic mass is 32.1. The first-order valence-electron chi connectivity index (χ1n) is 4.71. The molecule has 0 aliphatic carbocycles. The van der Waals surface area contributed by atoms with Crippen molar-refractivity contribution in [1.82, 2.24) is 4.98 Å². The van der Waals surface area contributed by atoms with Crippen LogP contribution in [0.25, 0.3) is 0 Å². The Morgan fingerprint density at radius 2 is 2.35 bits per heavy atom. The van der Waals surface area contributed by atoms with E-state index >= 15 is 0 Å². The summed E-state index contributed by atoms with van der Waals surface area (Å²) in [5.74, 6) is -0.644. The highest BCUT2D eigenvalue weighted by Crippen LogP contribution is 2.20. The highest BCUT2D eigenvalue weighted by molar-refractivity contribution is 7.07. The van der Waals surface area contributed by atoms with E-state index in [1.165, 1.54) is 23.5 Å². The Bertz CT molecular complexity index is 530. The van der Waals surface area contributed by atoms with Crippen LogP contribution in [0.1, 0.15) is 5.69 Å². The van der Waals surface area contributed by atoms with E-state index in [1.54, 1.807) is 5.51 Å². The maximum absolute atomic E-state index is 13.5. The lowest BCUT2D eigenvalue weighted by Gasteiger charge is -2.05. The molecule has 0 atom stereocenters. The summed E-state index contributed by atoms with van der Waals surface area (Å²) < 4.78 is 13.5. The summed E-state index contributed by atoms with van der Waals surface area (Å²) in [6.45, 7) is 0.387. The quantitative estimate of drug-likeness (QED) is 0.672. The number of nitrogens with zero attached hydrogens (tertiary/aromatic N) is 2. The fourth-order valence-electron chi connectivity index (χ4n) is 1.27. The summed E-state index contributed by atoms with van der Waals surface area (Å²) in [5, 5.41) is 15.1. The Balaban J connectivity index is 2.09. The van der Waals surface area contributed by atoms with Gasteiger partial charge >= 0.3 is 0 Å². The molecule has 0 saturated carbocycles. The molecular formula is C10H8FN3O2S. The fourth-order valence-corrected chi connectivity index (χ4v) is 1.83. The monoisotopic (exact) mass is 253 g/mol. The van der Waals surface area contributed by atoms with Gasteiger partial charge in [-0.3, -0.25) is 10.1 Å². The SMILES string of the molecule is O=[N+]([O-])c1ccc(NCc2cscn2)c(F)c1. The fraction of sp³-hybridized carbons (Fsp3) is 0.100. The summed E-state index contributed by atoms with van der Waals surface area (Å²) in [6, 6.07) is 3.50. The van der Waals surface area contributed by atoms with Crippen LogP contribution in [0.2, 0.25) is 0 Å². The van der Waals surface area contributed by atoms with E-state index in [1.807, 2.05) is 5.38 Å². The van der Waals surface area contributed by atoms with Gasteiger partial charge in [0.05, 0.1) is 34.4 Å². The molecule has 0 radical (unpaired) electrons. The van der Waals surface area contributed by atoms with Gasteiger partial charge < -0.3 is 5.32 Å². The molecule has 0 spiro atoms. The maximum atomic E-state index is 13.5. The van der Waals surface area contributed by atoms with Gasteiger partial charge in [-0.1, -0.05) is 0 Å². The van der Waals surface area contributed by atoms with E-state index in [0.29, 0.717) is 6.54 Å². The maximum Gasteiger partial charge on any atom is 0.272 e. The number of benzene rings is 1. The zero-order chi connectivity index (χ0) is 12.3. The molecule has 88 valence electrons. The first-order valence-corrected chi connectivity index (χ1v) is 5.66. The largest absolute Gasteiger partial charge is 0.377 e. The second-order valence-electron chi connectivity index (χ2n) is 3.25. The smallest absolute Gasteiger partial charge is 0.272 e. The van der Waals surface area contributed by atoms with Gasteiger partial charge in [-0.05, 0) is 6.07 Å². The van der Waals surface area contributed by atoms with Crippen molar-refractivity contribution in [3.05, 3.63) is 50.7 Å². The van der Waals surface area contributed by atoms with Gasteiger partial charge in [0, 0.05) is 11.4 Å². The van der Waals surface area contributed by atoms with Crippen molar-refractivity contribution in [2.75, 3.05) is 5.32 Å². The lowest BCUT2D eigenvalue weighted by atomic mass is 10.2. The molecule has 17 heavy (non-hydrogen) atoms. The number of thiazole rings is 1. The van der Waals surface area contributed by atoms with Crippen LogP contribution in [0.15, 0.2) is 29.1 Å². The van der Waals surface area contributed by atoms with Gasteiger partial charge in [-0.2, -0.15) is 0 Å². The Kier molecular flexibility index (Phi) is 3.29. The summed E-state index contributed by atoms with van der Waals surface area (Å²) in [4.78, 5) is 13.8. The van der Waals surface area contributed by atoms with E-state index in [-0.39, 0.29) is 11.4 Å². The minimum atomic E-state index is -0.644. The van der Waals surface area contributed by atoms with Crippen LogP contribution in [-0.2, 0) is 6.54 Å². The normalized spacial score (nSPS) is 10.2. The molecule has 1 aromatic heterocycles.